The van der Waals surface area contributed by atoms with Crippen molar-refractivity contribution in [1.29, 1.82) is 0 Å². The van der Waals surface area contributed by atoms with Gasteiger partial charge >= 0.3 is 0 Å². The number of nitrogens with one attached hydrogen (secondary N) is 1. The van der Waals surface area contributed by atoms with Crippen molar-refractivity contribution in [2.75, 3.05) is 13.6 Å². The van der Waals surface area contributed by atoms with E-state index in [0.717, 1.165) is 0 Å². The number of benzene rings is 1. The summed E-state index contributed by atoms with van der Waals surface area (Å²) < 4.78 is 13.8. The summed E-state index contributed by atoms with van der Waals surface area (Å²) in [7, 11) is 1.82. The average molecular weight is 259 g/mol. The third-order valence-corrected chi connectivity index (χ3v) is 3.40. The Balaban J connectivity index is 3.11. The van der Waals surface area contributed by atoms with E-state index in [2.05, 4.69) is 19.2 Å². The van der Waals surface area contributed by atoms with Gasteiger partial charge in [-0.3, -0.25) is 0 Å². The van der Waals surface area contributed by atoms with Crippen molar-refractivity contribution >= 4 is 11.6 Å². The lowest BCUT2D eigenvalue weighted by Gasteiger charge is -2.29. The van der Waals surface area contributed by atoms with Crippen LogP contribution in [0.25, 0.3) is 0 Å². The van der Waals surface area contributed by atoms with Crippen LogP contribution in [0.3, 0.4) is 0 Å². The van der Waals surface area contributed by atoms with Crippen molar-refractivity contribution in [3.63, 3.8) is 0 Å². The fraction of sp³-hybridized carbons (Fsp3) is 0.538. The van der Waals surface area contributed by atoms with E-state index in [-0.39, 0.29) is 17.8 Å². The van der Waals surface area contributed by atoms with Crippen molar-refractivity contribution in [3.05, 3.63) is 34.6 Å². The van der Waals surface area contributed by atoms with E-state index in [4.69, 9.17) is 17.3 Å². The van der Waals surface area contributed by atoms with Crippen LogP contribution in [0, 0.1) is 17.7 Å². The second-order valence-electron chi connectivity index (χ2n) is 4.58. The van der Waals surface area contributed by atoms with Gasteiger partial charge in [0.2, 0.25) is 0 Å². The van der Waals surface area contributed by atoms with E-state index in [1.807, 2.05) is 7.05 Å². The highest BCUT2D eigenvalue weighted by Gasteiger charge is 2.25. The highest BCUT2D eigenvalue weighted by atomic mass is 35.5. The molecular weight excluding hydrogens is 239 g/mol. The minimum absolute atomic E-state index is 0.112. The summed E-state index contributed by atoms with van der Waals surface area (Å²) in [6, 6.07) is 4.51. The van der Waals surface area contributed by atoms with Gasteiger partial charge in [-0.25, -0.2) is 4.39 Å². The Morgan fingerprint density at radius 2 is 2.06 bits per heavy atom. The molecular formula is C13H20ClFN2. The molecule has 0 heterocycles. The summed E-state index contributed by atoms with van der Waals surface area (Å²) in [5.41, 5.74) is 6.37. The van der Waals surface area contributed by atoms with Crippen LogP contribution in [0.15, 0.2) is 18.2 Å². The first-order chi connectivity index (χ1) is 8.01. The first-order valence-corrected chi connectivity index (χ1v) is 6.21. The largest absolute Gasteiger partial charge is 0.330 e. The third kappa shape index (κ3) is 3.41. The molecule has 1 rings (SSSR count). The van der Waals surface area contributed by atoms with Crippen LogP contribution in [0.5, 0.6) is 0 Å². The molecule has 17 heavy (non-hydrogen) atoms. The van der Waals surface area contributed by atoms with Crippen LogP contribution in [-0.2, 0) is 0 Å². The van der Waals surface area contributed by atoms with E-state index in [0.29, 0.717) is 23.0 Å². The second-order valence-corrected chi connectivity index (χ2v) is 5.01. The zero-order valence-electron chi connectivity index (χ0n) is 10.5. The normalized spacial score (nSPS) is 15.0. The Bertz CT molecular complexity index is 368. The monoisotopic (exact) mass is 258 g/mol. The maximum Gasteiger partial charge on any atom is 0.128 e. The Morgan fingerprint density at radius 3 is 2.53 bits per heavy atom. The number of hydrogen-bond donors (Lipinski definition) is 2. The van der Waals surface area contributed by atoms with Gasteiger partial charge in [-0.15, -0.1) is 0 Å². The molecule has 0 amide bonds. The van der Waals surface area contributed by atoms with E-state index < -0.39 is 0 Å². The molecule has 0 bridgehead atoms. The first kappa shape index (κ1) is 14.4. The molecule has 0 aromatic heterocycles. The predicted molar refractivity (Wildman–Crippen MR) is 70.6 cm³/mol. The van der Waals surface area contributed by atoms with Gasteiger partial charge < -0.3 is 11.1 Å². The number of hydrogen-bond acceptors (Lipinski definition) is 2. The SMILES string of the molecule is CNC(c1cc(Cl)ccc1F)C(CN)C(C)C. The maximum absolute atomic E-state index is 13.8. The molecule has 0 aliphatic rings. The summed E-state index contributed by atoms with van der Waals surface area (Å²) in [5, 5.41) is 3.68. The molecule has 4 heteroatoms. The quantitative estimate of drug-likeness (QED) is 0.852. The van der Waals surface area contributed by atoms with Gasteiger partial charge in [0.15, 0.2) is 0 Å². The highest BCUT2D eigenvalue weighted by molar-refractivity contribution is 6.30. The summed E-state index contributed by atoms with van der Waals surface area (Å²) in [5.74, 6) is 0.302. The van der Waals surface area contributed by atoms with Gasteiger partial charge in [0.1, 0.15) is 5.82 Å². The lowest BCUT2D eigenvalue weighted by Crippen LogP contribution is -2.34. The van der Waals surface area contributed by atoms with E-state index in [9.17, 15) is 4.39 Å². The van der Waals surface area contributed by atoms with Crippen LogP contribution in [0.4, 0.5) is 4.39 Å². The molecule has 96 valence electrons. The van der Waals surface area contributed by atoms with E-state index in [1.54, 1.807) is 12.1 Å². The molecule has 0 saturated carbocycles. The van der Waals surface area contributed by atoms with Crippen LogP contribution >= 0.6 is 11.6 Å². The molecule has 0 radical (unpaired) electrons. The molecule has 2 unspecified atom stereocenters. The number of halogens is 2. The van der Waals surface area contributed by atoms with Crippen LogP contribution in [-0.4, -0.2) is 13.6 Å². The fourth-order valence-electron chi connectivity index (χ4n) is 2.15. The van der Waals surface area contributed by atoms with Gasteiger partial charge in [-0.05, 0) is 43.6 Å². The molecule has 0 aliphatic heterocycles. The number of nitrogens with two attached hydrogens (primary N) is 1. The molecule has 0 fully saturated rings. The highest BCUT2D eigenvalue weighted by Crippen LogP contribution is 2.30. The average Bonchev–Trinajstić information content (AvgIpc) is 2.28. The first-order valence-electron chi connectivity index (χ1n) is 5.83. The van der Waals surface area contributed by atoms with Crippen LogP contribution in [0.2, 0.25) is 5.02 Å². The fourth-order valence-corrected chi connectivity index (χ4v) is 2.33. The zero-order valence-corrected chi connectivity index (χ0v) is 11.3. The summed E-state index contributed by atoms with van der Waals surface area (Å²) >= 11 is 5.92. The van der Waals surface area contributed by atoms with Gasteiger partial charge in [0.25, 0.3) is 0 Å². The smallest absolute Gasteiger partial charge is 0.128 e. The summed E-state index contributed by atoms with van der Waals surface area (Å²) in [6.07, 6.45) is 0. The third-order valence-electron chi connectivity index (χ3n) is 3.16. The maximum atomic E-state index is 13.8. The predicted octanol–water partition coefficient (Wildman–Crippen LogP) is 2.97. The minimum Gasteiger partial charge on any atom is -0.330 e. The van der Waals surface area contributed by atoms with Crippen molar-refractivity contribution in [2.45, 2.75) is 19.9 Å². The molecule has 0 aliphatic carbocycles. The van der Waals surface area contributed by atoms with Crippen LogP contribution < -0.4 is 11.1 Å². The molecule has 2 nitrogen and oxygen atoms in total. The molecule has 1 aromatic carbocycles. The van der Waals surface area contributed by atoms with Crippen molar-refractivity contribution in [3.8, 4) is 0 Å². The summed E-state index contributed by atoms with van der Waals surface area (Å²) in [4.78, 5) is 0. The molecule has 0 saturated heterocycles. The Labute approximate surface area is 107 Å². The topological polar surface area (TPSA) is 38.0 Å². The Kier molecular flexibility index (Phi) is 5.37. The molecule has 0 spiro atoms. The van der Waals surface area contributed by atoms with Gasteiger partial charge in [-0.2, -0.15) is 0 Å². The number of rotatable bonds is 5. The molecule has 1 aromatic rings. The van der Waals surface area contributed by atoms with E-state index in [1.165, 1.54) is 6.07 Å². The minimum atomic E-state index is -0.243. The second kappa shape index (κ2) is 6.34. The van der Waals surface area contributed by atoms with Crippen molar-refractivity contribution in [1.82, 2.24) is 5.32 Å². The Hall–Kier alpha value is -0.640. The van der Waals surface area contributed by atoms with Gasteiger partial charge in [0, 0.05) is 16.6 Å². The van der Waals surface area contributed by atoms with Crippen molar-refractivity contribution < 1.29 is 4.39 Å². The lowest BCUT2D eigenvalue weighted by atomic mass is 9.84. The van der Waals surface area contributed by atoms with Gasteiger partial charge in [-0.1, -0.05) is 25.4 Å². The molecule has 2 atom stereocenters. The molecule has 3 N–H and O–H groups in total. The summed E-state index contributed by atoms with van der Waals surface area (Å²) in [6.45, 7) is 4.68. The zero-order chi connectivity index (χ0) is 13.0. The Morgan fingerprint density at radius 1 is 1.41 bits per heavy atom. The van der Waals surface area contributed by atoms with Gasteiger partial charge in [0.05, 0.1) is 0 Å². The van der Waals surface area contributed by atoms with Crippen molar-refractivity contribution in [2.24, 2.45) is 17.6 Å². The lowest BCUT2D eigenvalue weighted by molar-refractivity contribution is 0.293. The standard InChI is InChI=1S/C13H20ClFN2/c1-8(2)11(7-16)13(17-3)10-6-9(14)4-5-12(10)15/h4-6,8,11,13,17H,7,16H2,1-3H3. The van der Waals surface area contributed by atoms with E-state index >= 15 is 0 Å². The van der Waals surface area contributed by atoms with Crippen LogP contribution in [0.1, 0.15) is 25.5 Å².